The van der Waals surface area contributed by atoms with Crippen molar-refractivity contribution in [3.63, 3.8) is 0 Å². The standard InChI is InChI=1S/C42H53N5O5/c1-8-46-36-17-16-30-23-32(36)33(39(46)31-14-10-18-43-38(31)27(4)51-7)24-42(5,6)25-52-41(50)34-15-11-19-47(45-34)40(49)35(44-37(48)20-26(2)3)22-28-12-9-13-29(30)21-28/h9-10,12-14,16-18,21,23,26-27,34-35,45H,8,11,15,19-20,22,24-25H2,1-7H3,(H,44,48)/t27-,34-,35-/m0/s1. The minimum absolute atomic E-state index is 0.144. The van der Waals surface area contributed by atoms with Crippen molar-refractivity contribution in [1.29, 1.82) is 0 Å². The summed E-state index contributed by atoms with van der Waals surface area (Å²) in [6.07, 6.45) is 4.04. The molecule has 4 heterocycles. The number of esters is 1. The van der Waals surface area contributed by atoms with Crippen LogP contribution in [0.3, 0.4) is 0 Å². The van der Waals surface area contributed by atoms with Crippen LogP contribution in [0.5, 0.6) is 0 Å². The van der Waals surface area contributed by atoms with E-state index in [-0.39, 0.29) is 36.4 Å². The molecular formula is C42H53N5O5. The number of hydrazine groups is 1. The Morgan fingerprint density at radius 3 is 2.63 bits per heavy atom. The van der Waals surface area contributed by atoms with Crippen molar-refractivity contribution >= 4 is 28.7 Å². The van der Waals surface area contributed by atoms with Gasteiger partial charge in [0.15, 0.2) is 0 Å². The van der Waals surface area contributed by atoms with Crippen LogP contribution < -0.4 is 10.7 Å². The fourth-order valence-electron chi connectivity index (χ4n) is 7.61. The molecule has 0 aliphatic carbocycles. The molecule has 6 bridgehead atoms. The minimum Gasteiger partial charge on any atom is -0.464 e. The number of aryl methyl sites for hydroxylation is 1. The van der Waals surface area contributed by atoms with Crippen LogP contribution in [0.15, 0.2) is 60.8 Å². The Bertz CT molecular complexity index is 1950. The molecule has 276 valence electrons. The number of carbonyl (C=O) groups excluding carboxylic acids is 3. The molecule has 0 radical (unpaired) electrons. The molecule has 2 N–H and O–H groups in total. The molecule has 0 saturated carbocycles. The van der Waals surface area contributed by atoms with Crippen molar-refractivity contribution in [3.8, 4) is 22.4 Å². The van der Waals surface area contributed by atoms with Crippen LogP contribution in [0, 0.1) is 11.3 Å². The van der Waals surface area contributed by atoms with E-state index in [0.29, 0.717) is 38.6 Å². The Morgan fingerprint density at radius 2 is 1.88 bits per heavy atom. The van der Waals surface area contributed by atoms with E-state index in [1.165, 1.54) is 5.01 Å². The van der Waals surface area contributed by atoms with Crippen molar-refractivity contribution in [3.05, 3.63) is 77.6 Å². The lowest BCUT2D eigenvalue weighted by Crippen LogP contribution is -2.60. The molecule has 4 aromatic rings. The third-order valence-electron chi connectivity index (χ3n) is 10.2. The van der Waals surface area contributed by atoms with Gasteiger partial charge in [-0.15, -0.1) is 0 Å². The smallest absolute Gasteiger partial charge is 0.324 e. The molecule has 6 rings (SSSR count). The van der Waals surface area contributed by atoms with E-state index in [0.717, 1.165) is 56.7 Å². The minimum atomic E-state index is -0.806. The Labute approximate surface area is 307 Å². The molecule has 0 unspecified atom stereocenters. The van der Waals surface area contributed by atoms with Crippen molar-refractivity contribution in [2.75, 3.05) is 20.3 Å². The van der Waals surface area contributed by atoms with Crippen molar-refractivity contribution in [2.24, 2.45) is 11.3 Å². The number of aromatic nitrogens is 2. The first-order valence-corrected chi connectivity index (χ1v) is 18.6. The topological polar surface area (TPSA) is 115 Å². The summed E-state index contributed by atoms with van der Waals surface area (Å²) in [4.78, 5) is 45.5. The van der Waals surface area contributed by atoms with Gasteiger partial charge >= 0.3 is 5.97 Å². The Kier molecular flexibility index (Phi) is 11.2. The van der Waals surface area contributed by atoms with Gasteiger partial charge in [0, 0.05) is 61.1 Å². The van der Waals surface area contributed by atoms with Crippen molar-refractivity contribution < 1.29 is 23.9 Å². The van der Waals surface area contributed by atoms with Crippen LogP contribution in [-0.4, -0.2) is 64.7 Å². The van der Waals surface area contributed by atoms with E-state index in [9.17, 15) is 14.4 Å². The quantitative estimate of drug-likeness (QED) is 0.203. The van der Waals surface area contributed by atoms with E-state index >= 15 is 0 Å². The molecule has 3 atom stereocenters. The molecule has 1 fully saturated rings. The fraction of sp³-hybridized carbons (Fsp3) is 0.476. The average Bonchev–Trinajstić information content (AvgIpc) is 3.43. The predicted octanol–water partition coefficient (Wildman–Crippen LogP) is 6.79. The second-order valence-electron chi connectivity index (χ2n) is 15.5. The van der Waals surface area contributed by atoms with E-state index in [1.807, 2.05) is 45.2 Å². The summed E-state index contributed by atoms with van der Waals surface area (Å²) in [6, 6.07) is 17.4. The number of hydrogen-bond donors (Lipinski definition) is 2. The molecule has 10 nitrogen and oxygen atoms in total. The highest BCUT2D eigenvalue weighted by Gasteiger charge is 2.35. The van der Waals surface area contributed by atoms with Gasteiger partial charge in [0.2, 0.25) is 5.91 Å². The number of nitrogens with one attached hydrogen (secondary N) is 2. The number of benzene rings is 2. The third-order valence-corrected chi connectivity index (χ3v) is 10.2. The zero-order chi connectivity index (χ0) is 37.2. The van der Waals surface area contributed by atoms with Gasteiger partial charge in [0.1, 0.15) is 12.1 Å². The first kappa shape index (κ1) is 37.2. The SMILES string of the molecule is CCn1c(-c2cccnc2[C@H](C)OC)c2c3cc(ccc31)-c1cccc(c1)C[C@H](NC(=O)CC(C)C)C(=O)N1CCC[C@H](N1)C(=O)OCC(C)(C)C2. The molecule has 2 aromatic carbocycles. The monoisotopic (exact) mass is 707 g/mol. The Hall–Kier alpha value is -4.54. The van der Waals surface area contributed by atoms with Gasteiger partial charge in [0.25, 0.3) is 5.91 Å². The average molecular weight is 708 g/mol. The maximum atomic E-state index is 14.1. The molecule has 0 spiro atoms. The normalized spacial score (nSPS) is 20.0. The summed E-state index contributed by atoms with van der Waals surface area (Å²) < 4.78 is 14.2. The van der Waals surface area contributed by atoms with Crippen LogP contribution in [0.25, 0.3) is 33.3 Å². The van der Waals surface area contributed by atoms with Gasteiger partial charge in [-0.3, -0.25) is 24.4 Å². The highest BCUT2D eigenvalue weighted by Crippen LogP contribution is 2.42. The third kappa shape index (κ3) is 7.93. The van der Waals surface area contributed by atoms with E-state index < -0.39 is 17.5 Å². The molecule has 2 aromatic heterocycles. The second kappa shape index (κ2) is 15.6. The van der Waals surface area contributed by atoms with Crippen LogP contribution in [-0.2, 0) is 43.2 Å². The highest BCUT2D eigenvalue weighted by atomic mass is 16.5. The van der Waals surface area contributed by atoms with Gasteiger partial charge < -0.3 is 19.4 Å². The van der Waals surface area contributed by atoms with Crippen LogP contribution >= 0.6 is 0 Å². The predicted molar refractivity (Wildman–Crippen MR) is 203 cm³/mol. The van der Waals surface area contributed by atoms with Gasteiger partial charge in [-0.05, 0) is 85.5 Å². The number of carbonyl (C=O) groups is 3. The first-order valence-electron chi connectivity index (χ1n) is 18.6. The molecule has 52 heavy (non-hydrogen) atoms. The van der Waals surface area contributed by atoms with Gasteiger partial charge in [0.05, 0.1) is 24.1 Å². The summed E-state index contributed by atoms with van der Waals surface area (Å²) in [5, 5.41) is 5.64. The maximum absolute atomic E-state index is 14.1. The second-order valence-corrected chi connectivity index (χ2v) is 15.5. The number of ether oxygens (including phenoxy) is 2. The van der Waals surface area contributed by atoms with Gasteiger partial charge in [-0.1, -0.05) is 58.0 Å². The van der Waals surface area contributed by atoms with Crippen LogP contribution in [0.1, 0.15) is 83.7 Å². The maximum Gasteiger partial charge on any atom is 0.324 e. The zero-order valence-corrected chi connectivity index (χ0v) is 31.6. The molecule has 2 aliphatic rings. The number of pyridine rings is 1. The van der Waals surface area contributed by atoms with Gasteiger partial charge in [-0.25, -0.2) is 5.43 Å². The summed E-state index contributed by atoms with van der Waals surface area (Å²) in [5.41, 5.74) is 11.0. The Morgan fingerprint density at radius 1 is 1.10 bits per heavy atom. The summed E-state index contributed by atoms with van der Waals surface area (Å²) in [7, 11) is 1.70. The number of cyclic esters (lactones) is 1. The highest BCUT2D eigenvalue weighted by molar-refractivity contribution is 5.95. The van der Waals surface area contributed by atoms with Crippen LogP contribution in [0.4, 0.5) is 0 Å². The molecule has 2 amide bonds. The lowest BCUT2D eigenvalue weighted by molar-refractivity contribution is -0.155. The number of hydrogen-bond acceptors (Lipinski definition) is 7. The number of methoxy groups -OCH3 is 1. The van der Waals surface area contributed by atoms with Crippen molar-refractivity contribution in [1.82, 2.24) is 25.3 Å². The van der Waals surface area contributed by atoms with E-state index in [2.05, 4.69) is 72.5 Å². The number of amides is 2. The van der Waals surface area contributed by atoms with Crippen molar-refractivity contribution in [2.45, 2.75) is 98.4 Å². The summed E-state index contributed by atoms with van der Waals surface area (Å²) in [5.74, 6) is -0.682. The Balaban J connectivity index is 1.52. The first-order chi connectivity index (χ1) is 24.9. The lowest BCUT2D eigenvalue weighted by atomic mass is 9.84. The number of nitrogens with zero attached hydrogens (tertiary/aromatic N) is 3. The molecule has 2 aliphatic heterocycles. The van der Waals surface area contributed by atoms with E-state index in [4.69, 9.17) is 14.5 Å². The zero-order valence-electron chi connectivity index (χ0n) is 31.6. The fourth-order valence-corrected chi connectivity index (χ4v) is 7.61. The lowest BCUT2D eigenvalue weighted by Gasteiger charge is -2.35. The van der Waals surface area contributed by atoms with Gasteiger partial charge in [-0.2, -0.15) is 0 Å². The number of fused-ring (bicyclic) bond motifs is 6. The van der Waals surface area contributed by atoms with E-state index in [1.54, 1.807) is 7.11 Å². The molecule has 1 saturated heterocycles. The summed E-state index contributed by atoms with van der Waals surface area (Å²) in [6.45, 7) is 13.8. The largest absolute Gasteiger partial charge is 0.464 e. The summed E-state index contributed by atoms with van der Waals surface area (Å²) >= 11 is 0. The molecular weight excluding hydrogens is 654 g/mol. The number of rotatable bonds is 7. The van der Waals surface area contributed by atoms with Crippen LogP contribution in [0.2, 0.25) is 0 Å². The molecule has 10 heteroatoms.